The molecule has 1 aromatic carbocycles. The molecule has 3 rings (SSSR count). The Kier molecular flexibility index (Phi) is 8.84. The molecule has 0 N–H and O–H groups in total. The number of hydrogen-bond donors (Lipinski definition) is 0. The van der Waals surface area contributed by atoms with Crippen LogP contribution in [0.5, 0.6) is 0 Å². The van der Waals surface area contributed by atoms with Crippen molar-refractivity contribution in [2.24, 2.45) is 0 Å². The Labute approximate surface area is 152 Å². The van der Waals surface area contributed by atoms with Crippen molar-refractivity contribution in [1.29, 1.82) is 0 Å². The fraction of sp³-hybridized carbons (Fsp3) is 0.333. The number of benzene rings is 1. The van der Waals surface area contributed by atoms with Gasteiger partial charge in [0.05, 0.1) is 29.2 Å². The molecule has 0 aliphatic heterocycles. The van der Waals surface area contributed by atoms with Gasteiger partial charge in [0.2, 0.25) is 0 Å². The molecule has 3 aromatic rings. The highest BCUT2D eigenvalue weighted by Crippen LogP contribution is 2.15. The Hall–Kier alpha value is -2.10. The zero-order valence-electron chi connectivity index (χ0n) is 14.9. The van der Waals surface area contributed by atoms with Crippen LogP contribution in [-0.2, 0) is 0 Å². The van der Waals surface area contributed by atoms with E-state index in [0.29, 0.717) is 0 Å². The van der Waals surface area contributed by atoms with Crippen molar-refractivity contribution < 1.29 is 0 Å². The van der Waals surface area contributed by atoms with Gasteiger partial charge in [-0.1, -0.05) is 18.2 Å². The molecule has 0 amide bonds. The number of fused-ring (bicyclic) bond motifs is 1. The van der Waals surface area contributed by atoms with E-state index in [1.54, 1.807) is 0 Å². The molecule has 0 saturated heterocycles. The lowest BCUT2D eigenvalue weighted by molar-refractivity contribution is 1.27. The van der Waals surface area contributed by atoms with Crippen molar-refractivity contribution in [2.75, 3.05) is 0 Å². The second-order valence-electron chi connectivity index (χ2n) is 4.88. The van der Waals surface area contributed by atoms with Crippen molar-refractivity contribution in [3.05, 3.63) is 41.2 Å². The first-order chi connectivity index (χ1) is 11.5. The van der Waals surface area contributed by atoms with E-state index in [4.69, 9.17) is 0 Å². The summed E-state index contributed by atoms with van der Waals surface area (Å²) >= 11 is 2.54. The maximum absolute atomic E-state index is 4.15. The van der Waals surface area contributed by atoms with Crippen molar-refractivity contribution >= 4 is 40.1 Å². The third-order valence-corrected chi connectivity index (χ3v) is 4.36. The van der Waals surface area contributed by atoms with Crippen molar-refractivity contribution in [3.8, 4) is 11.8 Å². The molecule has 126 valence electrons. The highest BCUT2D eigenvalue weighted by atomic mass is 32.1. The summed E-state index contributed by atoms with van der Waals surface area (Å²) in [5.74, 6) is 5.36. The fourth-order valence-electron chi connectivity index (χ4n) is 1.67. The first-order valence-electron chi connectivity index (χ1n) is 7.48. The van der Waals surface area contributed by atoms with Gasteiger partial charge >= 0.3 is 0 Å². The largest absolute Gasteiger partial charge is 0.178 e. The normalized spacial score (nSPS) is 10.0. The SMILES string of the molecule is C/C=C(/C)c1nsnc1C.CC#CC.Cc1cccc2nsnc12. The summed E-state index contributed by atoms with van der Waals surface area (Å²) in [5, 5.41) is 0. The molecule has 0 aliphatic rings. The summed E-state index contributed by atoms with van der Waals surface area (Å²) in [4.78, 5) is 0. The monoisotopic (exact) mass is 358 g/mol. The first-order valence-corrected chi connectivity index (χ1v) is 8.95. The number of allylic oxidation sites excluding steroid dienone is 2. The molecule has 0 fully saturated rings. The number of nitrogens with zero attached hydrogens (tertiary/aromatic N) is 4. The van der Waals surface area contributed by atoms with Crippen LogP contribution < -0.4 is 0 Å². The quantitative estimate of drug-likeness (QED) is 0.554. The molecule has 4 nitrogen and oxygen atoms in total. The van der Waals surface area contributed by atoms with Crippen molar-refractivity contribution in [3.63, 3.8) is 0 Å². The average molecular weight is 359 g/mol. The van der Waals surface area contributed by atoms with Crippen LogP contribution in [0.4, 0.5) is 0 Å². The molecule has 0 atom stereocenters. The molecule has 2 heterocycles. The van der Waals surface area contributed by atoms with Gasteiger partial charge in [-0.15, -0.1) is 11.8 Å². The molecule has 0 radical (unpaired) electrons. The molecule has 24 heavy (non-hydrogen) atoms. The van der Waals surface area contributed by atoms with Crippen LogP contribution in [-0.4, -0.2) is 17.5 Å². The minimum Gasteiger partial charge on any atom is -0.178 e. The summed E-state index contributed by atoms with van der Waals surface area (Å²) in [6.45, 7) is 11.7. The standard InChI is InChI=1S/C7H6N2S.C7H10N2S.C4H6/c1-5-3-2-4-6-7(5)9-10-8-6;1-4-5(2)7-6(3)8-10-9-7;1-3-4-2/h2-4H,1H3;4H,1-3H3;1-2H3/b;5-4-;. The van der Waals surface area contributed by atoms with Gasteiger partial charge in [-0.2, -0.15) is 17.5 Å². The van der Waals surface area contributed by atoms with Gasteiger partial charge in [0.15, 0.2) is 0 Å². The summed E-state index contributed by atoms with van der Waals surface area (Å²) in [7, 11) is 0. The topological polar surface area (TPSA) is 51.6 Å². The van der Waals surface area contributed by atoms with Crippen LogP contribution in [0.15, 0.2) is 24.3 Å². The van der Waals surface area contributed by atoms with Gasteiger partial charge in [-0.25, -0.2) is 0 Å². The van der Waals surface area contributed by atoms with E-state index in [1.165, 1.54) is 34.6 Å². The zero-order valence-corrected chi connectivity index (χ0v) is 16.5. The Balaban J connectivity index is 0.000000198. The van der Waals surface area contributed by atoms with Crippen LogP contribution >= 0.6 is 23.5 Å². The highest BCUT2D eigenvalue weighted by molar-refractivity contribution is 7.00. The summed E-state index contributed by atoms with van der Waals surface area (Å²) in [5.41, 5.74) is 6.50. The molecular formula is C18H22N4S2. The Morgan fingerprint density at radius 3 is 2.17 bits per heavy atom. The predicted molar refractivity (Wildman–Crippen MR) is 105 cm³/mol. The van der Waals surface area contributed by atoms with Gasteiger partial charge in [0.25, 0.3) is 0 Å². The van der Waals surface area contributed by atoms with Crippen molar-refractivity contribution in [1.82, 2.24) is 17.5 Å². The highest BCUT2D eigenvalue weighted by Gasteiger charge is 2.02. The van der Waals surface area contributed by atoms with E-state index in [0.717, 1.165) is 22.4 Å². The van der Waals surface area contributed by atoms with Gasteiger partial charge in [-0.05, 0) is 58.7 Å². The molecule has 0 spiro atoms. The summed E-state index contributed by atoms with van der Waals surface area (Å²) in [6.07, 6.45) is 2.05. The van der Waals surface area contributed by atoms with E-state index in [-0.39, 0.29) is 0 Å². The van der Waals surface area contributed by atoms with E-state index in [9.17, 15) is 0 Å². The van der Waals surface area contributed by atoms with Crippen LogP contribution in [0.1, 0.15) is 44.6 Å². The zero-order chi connectivity index (χ0) is 17.9. The van der Waals surface area contributed by atoms with Gasteiger partial charge < -0.3 is 0 Å². The van der Waals surface area contributed by atoms with Gasteiger partial charge in [-0.3, -0.25) is 0 Å². The number of rotatable bonds is 1. The molecule has 2 aromatic heterocycles. The van der Waals surface area contributed by atoms with Gasteiger partial charge in [0, 0.05) is 0 Å². The number of aromatic nitrogens is 4. The lowest BCUT2D eigenvalue weighted by Crippen LogP contribution is -1.81. The summed E-state index contributed by atoms with van der Waals surface area (Å²) < 4.78 is 16.5. The smallest absolute Gasteiger partial charge is 0.107 e. The molecule has 0 bridgehead atoms. The molecule has 0 aliphatic carbocycles. The van der Waals surface area contributed by atoms with Gasteiger partial charge in [0.1, 0.15) is 16.7 Å². The minimum atomic E-state index is 1.00. The van der Waals surface area contributed by atoms with Crippen LogP contribution in [0, 0.1) is 25.7 Å². The molecule has 0 unspecified atom stereocenters. The maximum atomic E-state index is 4.15. The van der Waals surface area contributed by atoms with Crippen LogP contribution in [0.3, 0.4) is 0 Å². The molecule has 6 heteroatoms. The third-order valence-electron chi connectivity index (χ3n) is 3.20. The second-order valence-corrected chi connectivity index (χ2v) is 5.93. The second kappa shape index (κ2) is 10.6. The lowest BCUT2D eigenvalue weighted by atomic mass is 10.2. The van der Waals surface area contributed by atoms with E-state index in [1.807, 2.05) is 65.8 Å². The third kappa shape index (κ3) is 5.84. The fourth-order valence-corrected chi connectivity index (χ4v) is 2.87. The number of aryl methyl sites for hydroxylation is 2. The minimum absolute atomic E-state index is 1.00. The lowest BCUT2D eigenvalue weighted by Gasteiger charge is -1.92. The average Bonchev–Trinajstić information content (AvgIpc) is 3.24. The summed E-state index contributed by atoms with van der Waals surface area (Å²) in [6, 6.07) is 6.02. The van der Waals surface area contributed by atoms with Crippen LogP contribution in [0.2, 0.25) is 0 Å². The molecule has 0 saturated carbocycles. The Morgan fingerprint density at radius 2 is 1.67 bits per heavy atom. The van der Waals surface area contributed by atoms with Crippen LogP contribution in [0.25, 0.3) is 16.6 Å². The van der Waals surface area contributed by atoms with Crippen molar-refractivity contribution in [2.45, 2.75) is 41.5 Å². The van der Waals surface area contributed by atoms with E-state index in [2.05, 4.69) is 29.3 Å². The molecular weight excluding hydrogens is 336 g/mol. The predicted octanol–water partition coefficient (Wildman–Crippen LogP) is 5.30. The first kappa shape index (κ1) is 19.9. The van der Waals surface area contributed by atoms with E-state index >= 15 is 0 Å². The number of hydrogen-bond acceptors (Lipinski definition) is 6. The Bertz CT molecular complexity index is 844. The maximum Gasteiger partial charge on any atom is 0.107 e. The van der Waals surface area contributed by atoms with E-state index < -0.39 is 0 Å². The Morgan fingerprint density at radius 1 is 1.00 bits per heavy atom.